The number of rotatable bonds is 6. The molecule has 0 bridgehead atoms. The van der Waals surface area contributed by atoms with E-state index in [4.69, 9.17) is 0 Å². The fourth-order valence-corrected chi connectivity index (χ4v) is 3.97. The van der Waals surface area contributed by atoms with Crippen molar-refractivity contribution in [3.8, 4) is 0 Å². The molecule has 8 heteroatoms. The standard InChI is InChI=1S/C23H28N6O2/c1-3-16-11-20-21(28-22(16)30)10-15(13-26-20)12-25-17-6-8-29(9-7-17)18-4-5-19(27-14-18)23(31)24-2/h4-5,10-11,13-14,17,25H,3,6-9,12H2,1-2H3,(H,24,31)(H,28,30). The molecule has 0 unspecified atom stereocenters. The number of H-pyrrole nitrogens is 1. The van der Waals surface area contributed by atoms with Gasteiger partial charge in [0, 0.05) is 44.5 Å². The van der Waals surface area contributed by atoms with Crippen LogP contribution in [0.25, 0.3) is 11.0 Å². The highest BCUT2D eigenvalue weighted by molar-refractivity contribution is 5.92. The van der Waals surface area contributed by atoms with Crippen LogP contribution < -0.4 is 21.1 Å². The van der Waals surface area contributed by atoms with Gasteiger partial charge in [0.25, 0.3) is 11.5 Å². The summed E-state index contributed by atoms with van der Waals surface area (Å²) in [6.45, 7) is 4.55. The van der Waals surface area contributed by atoms with Crippen LogP contribution in [0.5, 0.6) is 0 Å². The first-order valence-electron chi connectivity index (χ1n) is 10.7. The number of nitrogens with zero attached hydrogens (tertiary/aromatic N) is 3. The van der Waals surface area contributed by atoms with Crippen LogP contribution in [0.4, 0.5) is 5.69 Å². The summed E-state index contributed by atoms with van der Waals surface area (Å²) in [7, 11) is 1.60. The van der Waals surface area contributed by atoms with Crippen LogP contribution in [0.1, 0.15) is 41.4 Å². The lowest BCUT2D eigenvalue weighted by molar-refractivity contribution is 0.0958. The number of aromatic amines is 1. The summed E-state index contributed by atoms with van der Waals surface area (Å²) in [5, 5.41) is 6.20. The Labute approximate surface area is 181 Å². The van der Waals surface area contributed by atoms with E-state index in [9.17, 15) is 9.59 Å². The van der Waals surface area contributed by atoms with E-state index in [1.165, 1.54) is 0 Å². The van der Waals surface area contributed by atoms with Gasteiger partial charge in [0.15, 0.2) is 0 Å². The molecule has 0 spiro atoms. The highest BCUT2D eigenvalue weighted by atomic mass is 16.1. The molecular weight excluding hydrogens is 392 g/mol. The number of carbonyl (C=O) groups is 1. The molecule has 4 heterocycles. The summed E-state index contributed by atoms with van der Waals surface area (Å²) >= 11 is 0. The highest BCUT2D eigenvalue weighted by Crippen LogP contribution is 2.20. The number of anilines is 1. The van der Waals surface area contributed by atoms with Crippen molar-refractivity contribution in [2.24, 2.45) is 0 Å². The smallest absolute Gasteiger partial charge is 0.269 e. The minimum absolute atomic E-state index is 0.0351. The van der Waals surface area contributed by atoms with Crippen molar-refractivity contribution in [3.63, 3.8) is 0 Å². The third-order valence-electron chi connectivity index (χ3n) is 5.87. The van der Waals surface area contributed by atoms with E-state index in [-0.39, 0.29) is 11.5 Å². The lowest BCUT2D eigenvalue weighted by Crippen LogP contribution is -2.42. The summed E-state index contributed by atoms with van der Waals surface area (Å²) in [5.74, 6) is -0.174. The zero-order chi connectivity index (χ0) is 21.8. The maximum atomic E-state index is 12.1. The molecular formula is C23H28N6O2. The molecule has 3 aromatic rings. The van der Waals surface area contributed by atoms with Crippen molar-refractivity contribution in [3.05, 3.63) is 63.8 Å². The van der Waals surface area contributed by atoms with Crippen molar-refractivity contribution in [1.82, 2.24) is 25.6 Å². The lowest BCUT2D eigenvalue weighted by Gasteiger charge is -2.34. The molecule has 0 aromatic carbocycles. The van der Waals surface area contributed by atoms with Crippen LogP contribution >= 0.6 is 0 Å². The van der Waals surface area contributed by atoms with Crippen LogP contribution in [0.2, 0.25) is 0 Å². The topological polar surface area (TPSA) is 103 Å². The van der Waals surface area contributed by atoms with E-state index in [0.717, 1.165) is 53.8 Å². The number of amides is 1. The number of hydrogen-bond acceptors (Lipinski definition) is 6. The van der Waals surface area contributed by atoms with E-state index in [2.05, 4.69) is 30.5 Å². The van der Waals surface area contributed by atoms with Gasteiger partial charge >= 0.3 is 0 Å². The van der Waals surface area contributed by atoms with Gasteiger partial charge in [-0.05, 0) is 49.1 Å². The Morgan fingerprint density at radius 2 is 2.00 bits per heavy atom. The van der Waals surface area contributed by atoms with Gasteiger partial charge in [-0.1, -0.05) is 6.92 Å². The van der Waals surface area contributed by atoms with Crippen molar-refractivity contribution in [2.45, 2.75) is 38.8 Å². The van der Waals surface area contributed by atoms with Gasteiger partial charge in [0.2, 0.25) is 0 Å². The van der Waals surface area contributed by atoms with Crippen LogP contribution in [0, 0.1) is 0 Å². The van der Waals surface area contributed by atoms with E-state index in [1.54, 1.807) is 19.3 Å². The maximum absolute atomic E-state index is 12.1. The highest BCUT2D eigenvalue weighted by Gasteiger charge is 2.19. The first-order valence-corrected chi connectivity index (χ1v) is 10.7. The van der Waals surface area contributed by atoms with Crippen LogP contribution in [0.3, 0.4) is 0 Å². The Morgan fingerprint density at radius 1 is 1.19 bits per heavy atom. The Bertz CT molecular complexity index is 1120. The number of piperidine rings is 1. The van der Waals surface area contributed by atoms with E-state index in [0.29, 0.717) is 24.7 Å². The molecule has 0 radical (unpaired) electrons. The van der Waals surface area contributed by atoms with Gasteiger partial charge in [0.1, 0.15) is 5.69 Å². The second-order valence-electron chi connectivity index (χ2n) is 7.88. The number of aromatic nitrogens is 3. The summed E-state index contributed by atoms with van der Waals surface area (Å²) in [4.78, 5) is 37.7. The zero-order valence-electron chi connectivity index (χ0n) is 17.9. The molecule has 0 atom stereocenters. The molecule has 1 fully saturated rings. The number of nitrogens with one attached hydrogen (secondary N) is 3. The molecule has 3 aromatic heterocycles. The van der Waals surface area contributed by atoms with Gasteiger partial charge in [-0.15, -0.1) is 0 Å². The summed E-state index contributed by atoms with van der Waals surface area (Å²) in [5.41, 5.74) is 4.86. The number of pyridine rings is 3. The molecule has 8 nitrogen and oxygen atoms in total. The largest absolute Gasteiger partial charge is 0.370 e. The van der Waals surface area contributed by atoms with E-state index < -0.39 is 0 Å². The molecule has 4 rings (SSSR count). The van der Waals surface area contributed by atoms with Crippen molar-refractivity contribution < 1.29 is 4.79 Å². The first-order chi connectivity index (χ1) is 15.1. The maximum Gasteiger partial charge on any atom is 0.269 e. The van der Waals surface area contributed by atoms with Gasteiger partial charge < -0.3 is 20.5 Å². The lowest BCUT2D eigenvalue weighted by atomic mass is 10.0. The predicted octanol–water partition coefficient (Wildman–Crippen LogP) is 2.00. The summed E-state index contributed by atoms with van der Waals surface area (Å²) < 4.78 is 0. The minimum Gasteiger partial charge on any atom is -0.370 e. The van der Waals surface area contributed by atoms with Crippen LogP contribution in [0.15, 0.2) is 41.5 Å². The van der Waals surface area contributed by atoms with Gasteiger partial charge in [-0.2, -0.15) is 0 Å². The molecule has 0 saturated carbocycles. The molecule has 1 amide bonds. The molecule has 162 valence electrons. The third-order valence-corrected chi connectivity index (χ3v) is 5.87. The average Bonchev–Trinajstić information content (AvgIpc) is 2.82. The molecule has 31 heavy (non-hydrogen) atoms. The number of aryl methyl sites for hydroxylation is 1. The Kier molecular flexibility index (Phi) is 6.27. The third kappa shape index (κ3) is 4.74. The van der Waals surface area contributed by atoms with Gasteiger partial charge in [-0.25, -0.2) is 4.98 Å². The van der Waals surface area contributed by atoms with E-state index >= 15 is 0 Å². The SMILES string of the molecule is CCc1cc2ncc(CNC3CCN(c4ccc(C(=O)NC)nc4)CC3)cc2[nH]c1=O. The normalized spacial score (nSPS) is 14.7. The monoisotopic (exact) mass is 420 g/mol. The van der Waals surface area contributed by atoms with E-state index in [1.807, 2.05) is 31.3 Å². The minimum atomic E-state index is -0.174. The fourth-order valence-electron chi connectivity index (χ4n) is 3.97. The summed E-state index contributed by atoms with van der Waals surface area (Å²) in [6.07, 6.45) is 6.39. The molecule has 1 aliphatic heterocycles. The second-order valence-corrected chi connectivity index (χ2v) is 7.88. The molecule has 1 aliphatic rings. The number of hydrogen-bond donors (Lipinski definition) is 3. The quantitative estimate of drug-likeness (QED) is 0.564. The summed E-state index contributed by atoms with van der Waals surface area (Å²) in [6, 6.07) is 8.02. The fraction of sp³-hybridized carbons (Fsp3) is 0.391. The first kappa shape index (κ1) is 21.0. The Morgan fingerprint density at radius 3 is 2.68 bits per heavy atom. The molecule has 3 N–H and O–H groups in total. The van der Waals surface area contributed by atoms with Gasteiger partial charge in [-0.3, -0.25) is 14.6 Å². The number of carbonyl (C=O) groups excluding carboxylic acids is 1. The van der Waals surface area contributed by atoms with Crippen LogP contribution in [-0.2, 0) is 13.0 Å². The van der Waals surface area contributed by atoms with Crippen LogP contribution in [-0.4, -0.2) is 47.0 Å². The Balaban J connectivity index is 1.32. The molecule has 1 saturated heterocycles. The predicted molar refractivity (Wildman–Crippen MR) is 121 cm³/mol. The number of fused-ring (bicyclic) bond motifs is 1. The molecule has 0 aliphatic carbocycles. The Hall–Kier alpha value is -3.26. The zero-order valence-corrected chi connectivity index (χ0v) is 17.9. The van der Waals surface area contributed by atoms with Crippen molar-refractivity contribution >= 4 is 22.6 Å². The van der Waals surface area contributed by atoms with Crippen molar-refractivity contribution in [2.75, 3.05) is 25.0 Å². The van der Waals surface area contributed by atoms with Crippen molar-refractivity contribution in [1.29, 1.82) is 0 Å². The average molecular weight is 421 g/mol. The van der Waals surface area contributed by atoms with Gasteiger partial charge in [0.05, 0.1) is 22.9 Å². The second kappa shape index (κ2) is 9.26.